The van der Waals surface area contributed by atoms with Crippen LogP contribution in [-0.2, 0) is 0 Å². The Kier molecular flexibility index (Phi) is 4.77. The van der Waals surface area contributed by atoms with E-state index in [0.29, 0.717) is 5.56 Å². The van der Waals surface area contributed by atoms with E-state index in [-0.39, 0.29) is 18.5 Å². The van der Waals surface area contributed by atoms with E-state index in [1.165, 1.54) is 18.2 Å². The Bertz CT molecular complexity index is 643. The summed E-state index contributed by atoms with van der Waals surface area (Å²) in [5, 5.41) is 10.8. The minimum Gasteiger partial charge on any atom is -0.294 e. The Labute approximate surface area is 121 Å². The summed E-state index contributed by atoms with van der Waals surface area (Å²) in [5.41, 5.74) is 0.681. The van der Waals surface area contributed by atoms with E-state index < -0.39 is 22.4 Å². The summed E-state index contributed by atoms with van der Waals surface area (Å²) in [4.78, 5) is 22.5. The molecule has 4 nitrogen and oxygen atoms in total. The number of Topliss-reactive ketones (excluding diaryl/α,β-unsaturated/α-hetero) is 1. The van der Waals surface area contributed by atoms with Crippen LogP contribution in [0.3, 0.4) is 0 Å². The number of ketones is 1. The van der Waals surface area contributed by atoms with Gasteiger partial charge >= 0.3 is 0 Å². The number of nitrogens with zero attached hydrogens (tertiary/aromatic N) is 1. The lowest BCUT2D eigenvalue weighted by Crippen LogP contribution is -2.17. The van der Waals surface area contributed by atoms with Crippen LogP contribution in [0, 0.1) is 15.9 Å². The van der Waals surface area contributed by atoms with Crippen LogP contribution in [0.15, 0.2) is 54.6 Å². The van der Waals surface area contributed by atoms with Gasteiger partial charge < -0.3 is 0 Å². The summed E-state index contributed by atoms with van der Waals surface area (Å²) in [7, 11) is 0. The standard InChI is InChI=1S/C16H14FNO3/c17-15-9-5-4-8-14(15)16(19)10-13(11-18(20)21)12-6-2-1-3-7-12/h1-9,13H,10-11H2/t13-/m0/s1. The molecule has 0 bridgehead atoms. The molecule has 2 aromatic rings. The van der Waals surface area contributed by atoms with Crippen molar-refractivity contribution in [2.75, 3.05) is 6.54 Å². The molecule has 0 saturated heterocycles. The molecule has 0 radical (unpaired) electrons. The van der Waals surface area contributed by atoms with E-state index in [9.17, 15) is 19.3 Å². The molecule has 108 valence electrons. The average Bonchev–Trinajstić information content (AvgIpc) is 2.47. The number of hydrogen-bond acceptors (Lipinski definition) is 3. The molecule has 21 heavy (non-hydrogen) atoms. The molecule has 5 heteroatoms. The molecule has 0 aliphatic heterocycles. The lowest BCUT2D eigenvalue weighted by molar-refractivity contribution is -0.483. The first kappa shape index (κ1) is 14.8. The van der Waals surface area contributed by atoms with Gasteiger partial charge in [-0.1, -0.05) is 42.5 Å². The second-order valence-corrected chi connectivity index (χ2v) is 4.73. The van der Waals surface area contributed by atoms with Crippen LogP contribution >= 0.6 is 0 Å². The molecule has 0 unspecified atom stereocenters. The first-order chi connectivity index (χ1) is 10.1. The Morgan fingerprint density at radius 2 is 1.71 bits per heavy atom. The van der Waals surface area contributed by atoms with Gasteiger partial charge in [0.15, 0.2) is 5.78 Å². The van der Waals surface area contributed by atoms with Crippen LogP contribution in [0.5, 0.6) is 0 Å². The second-order valence-electron chi connectivity index (χ2n) is 4.73. The minimum atomic E-state index is -0.601. The molecule has 0 N–H and O–H groups in total. The van der Waals surface area contributed by atoms with E-state index in [0.717, 1.165) is 0 Å². The van der Waals surface area contributed by atoms with Crippen LogP contribution in [-0.4, -0.2) is 17.3 Å². The van der Waals surface area contributed by atoms with Crippen molar-refractivity contribution in [1.29, 1.82) is 0 Å². The average molecular weight is 287 g/mol. The second kappa shape index (κ2) is 6.74. The molecule has 0 aliphatic carbocycles. The predicted molar refractivity (Wildman–Crippen MR) is 76.4 cm³/mol. The summed E-state index contributed by atoms with van der Waals surface area (Å²) in [5.74, 6) is -1.59. The number of carbonyl (C=O) groups excluding carboxylic acids is 1. The zero-order valence-corrected chi connectivity index (χ0v) is 11.2. The topological polar surface area (TPSA) is 60.2 Å². The smallest absolute Gasteiger partial charge is 0.211 e. The first-order valence-electron chi connectivity index (χ1n) is 6.52. The maximum absolute atomic E-state index is 13.6. The Balaban J connectivity index is 2.21. The van der Waals surface area contributed by atoms with Crippen LogP contribution in [0.1, 0.15) is 28.3 Å². The van der Waals surface area contributed by atoms with Crippen LogP contribution < -0.4 is 0 Å². The van der Waals surface area contributed by atoms with Gasteiger partial charge in [0.2, 0.25) is 6.54 Å². The summed E-state index contributed by atoms with van der Waals surface area (Å²) >= 11 is 0. The fourth-order valence-corrected chi connectivity index (χ4v) is 2.21. The third-order valence-corrected chi connectivity index (χ3v) is 3.25. The van der Waals surface area contributed by atoms with Crippen LogP contribution in [0.4, 0.5) is 4.39 Å². The van der Waals surface area contributed by atoms with E-state index >= 15 is 0 Å². The van der Waals surface area contributed by atoms with Gasteiger partial charge in [0.05, 0.1) is 11.5 Å². The zero-order valence-electron chi connectivity index (χ0n) is 11.2. The highest BCUT2D eigenvalue weighted by Crippen LogP contribution is 2.23. The van der Waals surface area contributed by atoms with Crippen molar-refractivity contribution in [2.45, 2.75) is 12.3 Å². The van der Waals surface area contributed by atoms with Crippen molar-refractivity contribution in [3.63, 3.8) is 0 Å². The molecule has 0 aliphatic rings. The molecule has 1 atom stereocenters. The number of benzene rings is 2. The van der Waals surface area contributed by atoms with Crippen LogP contribution in [0.25, 0.3) is 0 Å². The molecule has 0 saturated carbocycles. The monoisotopic (exact) mass is 287 g/mol. The highest BCUT2D eigenvalue weighted by Gasteiger charge is 2.23. The molecular formula is C16H14FNO3. The Hall–Kier alpha value is -2.56. The highest BCUT2D eigenvalue weighted by molar-refractivity contribution is 5.96. The fourth-order valence-electron chi connectivity index (χ4n) is 2.21. The van der Waals surface area contributed by atoms with Crippen molar-refractivity contribution in [3.05, 3.63) is 81.7 Å². The summed E-state index contributed by atoms with van der Waals surface area (Å²) in [6, 6.07) is 14.5. The maximum Gasteiger partial charge on any atom is 0.211 e. The number of rotatable bonds is 6. The maximum atomic E-state index is 13.6. The first-order valence-corrected chi connectivity index (χ1v) is 6.52. The Morgan fingerprint density at radius 3 is 2.33 bits per heavy atom. The van der Waals surface area contributed by atoms with Crippen molar-refractivity contribution in [3.8, 4) is 0 Å². The minimum absolute atomic E-state index is 0.0261. The van der Waals surface area contributed by atoms with E-state index in [1.807, 2.05) is 0 Å². The van der Waals surface area contributed by atoms with Crippen molar-refractivity contribution >= 4 is 5.78 Å². The molecule has 0 spiro atoms. The van der Waals surface area contributed by atoms with Gasteiger partial charge in [0, 0.05) is 11.3 Å². The third-order valence-electron chi connectivity index (χ3n) is 3.25. The van der Waals surface area contributed by atoms with Crippen molar-refractivity contribution < 1.29 is 14.1 Å². The van der Waals surface area contributed by atoms with Crippen molar-refractivity contribution in [1.82, 2.24) is 0 Å². The van der Waals surface area contributed by atoms with E-state index in [1.54, 1.807) is 36.4 Å². The van der Waals surface area contributed by atoms with Gasteiger partial charge in [-0.2, -0.15) is 0 Å². The van der Waals surface area contributed by atoms with Crippen molar-refractivity contribution in [2.24, 2.45) is 0 Å². The fraction of sp³-hybridized carbons (Fsp3) is 0.188. The largest absolute Gasteiger partial charge is 0.294 e. The normalized spacial score (nSPS) is 11.9. The molecule has 0 aromatic heterocycles. The SMILES string of the molecule is O=C(C[C@@H](C[N+](=O)[O-])c1ccccc1)c1ccccc1F. The summed E-state index contributed by atoms with van der Waals surface area (Å²) < 4.78 is 13.6. The third kappa shape index (κ3) is 3.95. The zero-order chi connectivity index (χ0) is 15.2. The van der Waals surface area contributed by atoms with Gasteiger partial charge in [-0.15, -0.1) is 0 Å². The molecular weight excluding hydrogens is 273 g/mol. The lowest BCUT2D eigenvalue weighted by atomic mass is 9.91. The quantitative estimate of drug-likeness (QED) is 0.464. The Morgan fingerprint density at radius 1 is 1.10 bits per heavy atom. The molecule has 2 rings (SSSR count). The van der Waals surface area contributed by atoms with Gasteiger partial charge in [-0.05, 0) is 17.7 Å². The van der Waals surface area contributed by atoms with Gasteiger partial charge in [0.25, 0.3) is 0 Å². The molecule has 0 amide bonds. The molecule has 0 fully saturated rings. The van der Waals surface area contributed by atoms with E-state index in [2.05, 4.69) is 0 Å². The van der Waals surface area contributed by atoms with Gasteiger partial charge in [0.1, 0.15) is 5.82 Å². The number of hydrogen-bond donors (Lipinski definition) is 0. The van der Waals surface area contributed by atoms with E-state index in [4.69, 9.17) is 0 Å². The number of halogens is 1. The summed E-state index contributed by atoms with van der Waals surface area (Å²) in [6.45, 7) is -0.357. The number of carbonyl (C=O) groups is 1. The van der Waals surface area contributed by atoms with Crippen LogP contribution in [0.2, 0.25) is 0 Å². The lowest BCUT2D eigenvalue weighted by Gasteiger charge is -2.12. The summed E-state index contributed by atoms with van der Waals surface area (Å²) in [6.07, 6.45) is -0.0913. The highest BCUT2D eigenvalue weighted by atomic mass is 19.1. The molecule has 0 heterocycles. The predicted octanol–water partition coefficient (Wildman–Crippen LogP) is 3.46. The van der Waals surface area contributed by atoms with Gasteiger partial charge in [-0.25, -0.2) is 4.39 Å². The molecule has 2 aromatic carbocycles. The van der Waals surface area contributed by atoms with Gasteiger partial charge in [-0.3, -0.25) is 14.9 Å². The number of nitro groups is 1.